The zero-order chi connectivity index (χ0) is 14.1. The third kappa shape index (κ3) is 2.52. The van der Waals surface area contributed by atoms with Gasteiger partial charge >= 0.3 is 0 Å². The Labute approximate surface area is 103 Å². The van der Waals surface area contributed by atoms with Crippen molar-refractivity contribution in [2.75, 3.05) is 6.61 Å². The average Bonchev–Trinajstić information content (AvgIpc) is 2.29. The van der Waals surface area contributed by atoms with Crippen molar-refractivity contribution < 1.29 is 34.8 Å². The summed E-state index contributed by atoms with van der Waals surface area (Å²) < 4.78 is 4.91. The third-order valence-electron chi connectivity index (χ3n) is 2.87. The molecule has 1 heterocycles. The van der Waals surface area contributed by atoms with Gasteiger partial charge in [0, 0.05) is 13.8 Å². The molecule has 0 aromatic rings. The second-order valence-electron chi connectivity index (χ2n) is 4.25. The normalized spacial score (nSPS) is 40.3. The summed E-state index contributed by atoms with van der Waals surface area (Å²) in [5.41, 5.74) is 0. The van der Waals surface area contributed by atoms with E-state index in [9.17, 15) is 24.9 Å². The first-order valence-corrected chi connectivity index (χ1v) is 5.39. The van der Waals surface area contributed by atoms with E-state index in [0.29, 0.717) is 0 Å². The summed E-state index contributed by atoms with van der Waals surface area (Å²) in [6.45, 7) is 1.44. The molecule has 0 aliphatic carbocycles. The van der Waals surface area contributed by atoms with Crippen molar-refractivity contribution in [2.45, 2.75) is 44.0 Å². The maximum atomic E-state index is 11.4. The number of nitrogens with one attached hydrogen (secondary N) is 1. The molecule has 0 aromatic heterocycles. The van der Waals surface area contributed by atoms with Crippen LogP contribution in [0, 0.1) is 0 Å². The van der Waals surface area contributed by atoms with E-state index in [2.05, 4.69) is 5.32 Å². The highest BCUT2D eigenvalue weighted by atomic mass is 16.7. The zero-order valence-electron chi connectivity index (χ0n) is 10.0. The number of hydrogen-bond donors (Lipinski definition) is 5. The van der Waals surface area contributed by atoms with E-state index < -0.39 is 48.4 Å². The number of aliphatic hydroxyl groups excluding tert-OH is 3. The molecule has 8 heteroatoms. The largest absolute Gasteiger partial charge is 0.394 e. The molecule has 18 heavy (non-hydrogen) atoms. The molecule has 5 N–H and O–H groups in total. The summed E-state index contributed by atoms with van der Waals surface area (Å²) in [7, 11) is 0. The van der Waals surface area contributed by atoms with Gasteiger partial charge < -0.3 is 30.5 Å². The molecule has 0 spiro atoms. The van der Waals surface area contributed by atoms with Crippen LogP contribution in [-0.2, 0) is 14.3 Å². The second-order valence-corrected chi connectivity index (χ2v) is 4.25. The van der Waals surface area contributed by atoms with Crippen LogP contribution in [0.15, 0.2) is 0 Å². The number of rotatable bonds is 3. The fourth-order valence-corrected chi connectivity index (χ4v) is 1.87. The number of ketones is 1. The Hall–Kier alpha value is -1.06. The Morgan fingerprint density at radius 3 is 2.22 bits per heavy atom. The van der Waals surface area contributed by atoms with Gasteiger partial charge in [-0.2, -0.15) is 0 Å². The first-order chi connectivity index (χ1) is 8.24. The van der Waals surface area contributed by atoms with Gasteiger partial charge in [0.1, 0.15) is 24.4 Å². The van der Waals surface area contributed by atoms with Crippen LogP contribution in [0.25, 0.3) is 0 Å². The topological polar surface area (TPSA) is 136 Å². The summed E-state index contributed by atoms with van der Waals surface area (Å²) in [6.07, 6.45) is -4.50. The molecule has 104 valence electrons. The Balaban J connectivity index is 3.09. The summed E-state index contributed by atoms with van der Waals surface area (Å²) in [5, 5.41) is 40.6. The van der Waals surface area contributed by atoms with Gasteiger partial charge in [0.05, 0.1) is 6.61 Å². The molecule has 0 radical (unpaired) electrons. The molecular weight excluding hydrogens is 246 g/mol. The molecule has 5 atom stereocenters. The highest BCUT2D eigenvalue weighted by Crippen LogP contribution is 2.28. The van der Waals surface area contributed by atoms with Gasteiger partial charge in [-0.15, -0.1) is 0 Å². The van der Waals surface area contributed by atoms with E-state index in [0.717, 1.165) is 13.8 Å². The molecule has 0 aromatic carbocycles. The molecule has 1 aliphatic heterocycles. The van der Waals surface area contributed by atoms with Crippen molar-refractivity contribution >= 4 is 11.7 Å². The van der Waals surface area contributed by atoms with Crippen molar-refractivity contribution in [3.8, 4) is 0 Å². The Morgan fingerprint density at radius 2 is 1.83 bits per heavy atom. The van der Waals surface area contributed by atoms with Gasteiger partial charge in [-0.3, -0.25) is 9.59 Å². The number of carbonyl (C=O) groups excluding carboxylic acids is 2. The van der Waals surface area contributed by atoms with Crippen LogP contribution in [0.3, 0.4) is 0 Å². The van der Waals surface area contributed by atoms with Gasteiger partial charge in [-0.1, -0.05) is 0 Å². The smallest absolute Gasteiger partial charge is 0.250 e. The van der Waals surface area contributed by atoms with Crippen LogP contribution < -0.4 is 5.32 Å². The first kappa shape index (κ1) is 15.0. The summed E-state index contributed by atoms with van der Waals surface area (Å²) in [6, 6.07) is -1.51. The van der Waals surface area contributed by atoms with Gasteiger partial charge in [0.25, 0.3) is 0 Å². The maximum absolute atomic E-state index is 11.4. The second kappa shape index (κ2) is 5.29. The summed E-state index contributed by atoms with van der Waals surface area (Å²) in [5.74, 6) is -3.96. The number of hydrogen-bond acceptors (Lipinski definition) is 7. The predicted molar refractivity (Wildman–Crippen MR) is 57.2 cm³/mol. The maximum Gasteiger partial charge on any atom is 0.250 e. The average molecular weight is 263 g/mol. The van der Waals surface area contributed by atoms with E-state index in [1.807, 2.05) is 0 Å². The molecular formula is C10H17NO7. The quantitative estimate of drug-likeness (QED) is 0.363. The van der Waals surface area contributed by atoms with Crippen molar-refractivity contribution in [3.63, 3.8) is 0 Å². The number of aliphatic hydroxyl groups is 4. The molecule has 1 aliphatic rings. The molecule has 0 saturated carbocycles. The number of ether oxygens (including phenoxy) is 1. The number of amides is 1. The minimum atomic E-state index is -2.49. The van der Waals surface area contributed by atoms with Gasteiger partial charge in [-0.25, -0.2) is 0 Å². The van der Waals surface area contributed by atoms with Crippen LogP contribution in [-0.4, -0.2) is 68.9 Å². The van der Waals surface area contributed by atoms with E-state index in [4.69, 9.17) is 9.84 Å². The van der Waals surface area contributed by atoms with Crippen molar-refractivity contribution in [3.05, 3.63) is 0 Å². The van der Waals surface area contributed by atoms with Gasteiger partial charge in [0.2, 0.25) is 11.7 Å². The molecule has 1 fully saturated rings. The third-order valence-corrected chi connectivity index (χ3v) is 2.87. The molecule has 1 saturated heterocycles. The van der Waals surface area contributed by atoms with Crippen molar-refractivity contribution in [1.29, 1.82) is 0 Å². The highest BCUT2D eigenvalue weighted by molar-refractivity contribution is 5.85. The van der Waals surface area contributed by atoms with Gasteiger partial charge in [0.15, 0.2) is 5.78 Å². The lowest BCUT2D eigenvalue weighted by molar-refractivity contribution is -0.300. The van der Waals surface area contributed by atoms with E-state index in [-0.39, 0.29) is 0 Å². The molecule has 1 amide bonds. The Bertz CT molecular complexity index is 347. The van der Waals surface area contributed by atoms with E-state index >= 15 is 0 Å². The lowest BCUT2D eigenvalue weighted by atomic mass is 9.88. The fraction of sp³-hybridized carbons (Fsp3) is 0.800. The minimum absolute atomic E-state index is 0.614. The Kier molecular flexibility index (Phi) is 4.41. The predicted octanol–water partition coefficient (Wildman–Crippen LogP) is -3.12. The minimum Gasteiger partial charge on any atom is -0.394 e. The molecule has 0 bridgehead atoms. The zero-order valence-corrected chi connectivity index (χ0v) is 10.0. The SMILES string of the molecule is CC(=O)N[C@@H]1[C@@H](O)[C@H](O)[C@@H](CO)O[C@@]1(O)C(C)=O. The van der Waals surface area contributed by atoms with Crippen molar-refractivity contribution in [1.82, 2.24) is 5.32 Å². The standard InChI is InChI=1S/C10H17NO7/c1-4(13)10(17)9(11-5(2)14)8(16)7(15)6(3-12)18-10/h6-9,12,15-17H,3H2,1-2H3,(H,11,14)/t6-,7-,8+,9-,10+/m1/s1. The van der Waals surface area contributed by atoms with Crippen molar-refractivity contribution in [2.24, 2.45) is 0 Å². The van der Waals surface area contributed by atoms with Crippen LogP contribution in [0.4, 0.5) is 0 Å². The highest BCUT2D eigenvalue weighted by Gasteiger charge is 2.56. The van der Waals surface area contributed by atoms with E-state index in [1.165, 1.54) is 0 Å². The molecule has 8 nitrogen and oxygen atoms in total. The number of carbonyl (C=O) groups is 2. The molecule has 0 unspecified atom stereocenters. The number of Topliss-reactive ketones (excluding diaryl/α,β-unsaturated/α-hetero) is 1. The van der Waals surface area contributed by atoms with Crippen LogP contribution in [0.1, 0.15) is 13.8 Å². The molecule has 1 rings (SSSR count). The summed E-state index contributed by atoms with van der Waals surface area (Å²) in [4.78, 5) is 22.4. The van der Waals surface area contributed by atoms with Crippen LogP contribution >= 0.6 is 0 Å². The fourth-order valence-electron chi connectivity index (χ4n) is 1.87. The van der Waals surface area contributed by atoms with Gasteiger partial charge in [-0.05, 0) is 0 Å². The summed E-state index contributed by atoms with van der Waals surface area (Å²) >= 11 is 0. The lowest BCUT2D eigenvalue weighted by Crippen LogP contribution is -2.72. The van der Waals surface area contributed by atoms with Crippen LogP contribution in [0.2, 0.25) is 0 Å². The first-order valence-electron chi connectivity index (χ1n) is 5.39. The Morgan fingerprint density at radius 1 is 1.28 bits per heavy atom. The van der Waals surface area contributed by atoms with E-state index in [1.54, 1.807) is 0 Å². The lowest BCUT2D eigenvalue weighted by Gasteiger charge is -2.46. The van der Waals surface area contributed by atoms with Crippen LogP contribution in [0.5, 0.6) is 0 Å². The monoisotopic (exact) mass is 263 g/mol.